The van der Waals surface area contributed by atoms with Gasteiger partial charge in [-0.15, -0.1) is 0 Å². The zero-order chi connectivity index (χ0) is 19.2. The van der Waals surface area contributed by atoms with E-state index in [4.69, 9.17) is 4.74 Å². The standard InChI is InChI=1S/C20H19NO5S/c1-12(16-6-4-10-26-16)21-20(23)13-8-9-15-18(11-13)27(24,25)17-7-3-2-5-14(17)19(15)22/h2-3,5,7-9,11-12,16H,4,6,10H2,1H3,(H,21,23)/t12-,16+/m0/s1. The number of nitrogens with one attached hydrogen (secondary N) is 1. The highest BCUT2D eigenvalue weighted by atomic mass is 32.2. The van der Waals surface area contributed by atoms with Gasteiger partial charge in [0.2, 0.25) is 9.84 Å². The van der Waals surface area contributed by atoms with Crippen molar-refractivity contribution in [1.82, 2.24) is 5.32 Å². The molecule has 0 aromatic heterocycles. The van der Waals surface area contributed by atoms with E-state index in [1.807, 2.05) is 6.92 Å². The van der Waals surface area contributed by atoms with Crippen LogP contribution < -0.4 is 5.32 Å². The largest absolute Gasteiger partial charge is 0.376 e. The van der Waals surface area contributed by atoms with Crippen LogP contribution in [0.5, 0.6) is 0 Å². The number of benzene rings is 2. The van der Waals surface area contributed by atoms with Crippen LogP contribution in [0.15, 0.2) is 52.3 Å². The molecule has 2 aliphatic heterocycles. The van der Waals surface area contributed by atoms with Gasteiger partial charge < -0.3 is 10.1 Å². The fourth-order valence-electron chi connectivity index (χ4n) is 3.61. The van der Waals surface area contributed by atoms with Crippen molar-refractivity contribution in [2.45, 2.75) is 41.7 Å². The molecular formula is C20H19NO5S. The second-order valence-electron chi connectivity index (χ2n) is 6.85. The van der Waals surface area contributed by atoms with E-state index in [1.165, 1.54) is 30.3 Å². The van der Waals surface area contributed by atoms with Gasteiger partial charge in [-0.05, 0) is 50.1 Å². The number of ketones is 1. The van der Waals surface area contributed by atoms with Gasteiger partial charge >= 0.3 is 0 Å². The molecule has 2 heterocycles. The minimum atomic E-state index is -3.86. The van der Waals surface area contributed by atoms with E-state index in [1.54, 1.807) is 12.1 Å². The maximum absolute atomic E-state index is 12.9. The molecule has 7 heteroatoms. The van der Waals surface area contributed by atoms with Gasteiger partial charge in [-0.25, -0.2) is 8.42 Å². The fraction of sp³-hybridized carbons (Fsp3) is 0.300. The normalized spacial score (nSPS) is 21.2. The minimum absolute atomic E-state index is 0.0206. The topological polar surface area (TPSA) is 89.5 Å². The number of fused-ring (bicyclic) bond motifs is 2. The third-order valence-corrected chi connectivity index (χ3v) is 6.93. The van der Waals surface area contributed by atoms with E-state index in [0.717, 1.165) is 12.8 Å². The van der Waals surface area contributed by atoms with Crippen molar-refractivity contribution in [2.24, 2.45) is 0 Å². The third-order valence-electron chi connectivity index (χ3n) is 5.08. The van der Waals surface area contributed by atoms with Crippen molar-refractivity contribution >= 4 is 21.5 Å². The van der Waals surface area contributed by atoms with E-state index in [0.29, 0.717) is 6.61 Å². The van der Waals surface area contributed by atoms with Crippen molar-refractivity contribution in [3.63, 3.8) is 0 Å². The summed E-state index contributed by atoms with van der Waals surface area (Å²) in [6.07, 6.45) is 1.80. The summed E-state index contributed by atoms with van der Waals surface area (Å²) in [4.78, 5) is 25.1. The van der Waals surface area contributed by atoms with Crippen LogP contribution in [-0.4, -0.2) is 38.9 Å². The molecule has 0 saturated carbocycles. The Morgan fingerprint density at radius 3 is 2.63 bits per heavy atom. The van der Waals surface area contributed by atoms with Crippen LogP contribution in [0, 0.1) is 0 Å². The second kappa shape index (κ2) is 6.58. The number of carbonyl (C=O) groups is 2. The van der Waals surface area contributed by atoms with Gasteiger partial charge in [-0.3, -0.25) is 9.59 Å². The van der Waals surface area contributed by atoms with Crippen molar-refractivity contribution in [1.29, 1.82) is 0 Å². The average molecular weight is 385 g/mol. The maximum atomic E-state index is 12.9. The molecule has 1 N–H and O–H groups in total. The number of amides is 1. The quantitative estimate of drug-likeness (QED) is 0.748. The molecule has 0 bridgehead atoms. The first-order chi connectivity index (χ1) is 12.9. The van der Waals surface area contributed by atoms with E-state index in [-0.39, 0.29) is 50.3 Å². The summed E-state index contributed by atoms with van der Waals surface area (Å²) in [5, 5.41) is 2.86. The molecule has 140 valence electrons. The number of sulfone groups is 1. The minimum Gasteiger partial charge on any atom is -0.376 e. The molecule has 2 aliphatic rings. The Hall–Kier alpha value is -2.51. The molecular weight excluding hydrogens is 366 g/mol. The average Bonchev–Trinajstić information content (AvgIpc) is 3.21. The zero-order valence-electron chi connectivity index (χ0n) is 14.8. The lowest BCUT2D eigenvalue weighted by Crippen LogP contribution is -2.40. The molecule has 0 aliphatic carbocycles. The number of hydrogen-bond donors (Lipinski definition) is 1. The molecule has 6 nitrogen and oxygen atoms in total. The van der Waals surface area contributed by atoms with Crippen molar-refractivity contribution in [2.75, 3.05) is 6.61 Å². The van der Waals surface area contributed by atoms with Gasteiger partial charge in [0.1, 0.15) is 0 Å². The van der Waals surface area contributed by atoms with E-state index in [9.17, 15) is 18.0 Å². The highest BCUT2D eigenvalue weighted by molar-refractivity contribution is 7.91. The lowest BCUT2D eigenvalue weighted by molar-refractivity contribution is 0.0712. The Balaban J connectivity index is 1.68. The van der Waals surface area contributed by atoms with Gasteiger partial charge in [0.15, 0.2) is 5.78 Å². The number of carbonyl (C=O) groups excluding carboxylic acids is 2. The van der Waals surface area contributed by atoms with Crippen LogP contribution in [0.3, 0.4) is 0 Å². The Morgan fingerprint density at radius 1 is 1.15 bits per heavy atom. The van der Waals surface area contributed by atoms with E-state index >= 15 is 0 Å². The predicted molar refractivity (Wildman–Crippen MR) is 97.7 cm³/mol. The maximum Gasteiger partial charge on any atom is 0.251 e. The van der Waals surface area contributed by atoms with Crippen LogP contribution in [-0.2, 0) is 14.6 Å². The van der Waals surface area contributed by atoms with E-state index in [2.05, 4.69) is 5.32 Å². The second-order valence-corrected chi connectivity index (χ2v) is 8.74. The molecule has 0 radical (unpaired) electrons. The van der Waals surface area contributed by atoms with Gasteiger partial charge in [0.05, 0.1) is 21.9 Å². The Labute approximate surface area is 157 Å². The molecule has 2 aromatic rings. The monoisotopic (exact) mass is 385 g/mol. The van der Waals surface area contributed by atoms with Crippen molar-refractivity contribution < 1.29 is 22.7 Å². The van der Waals surface area contributed by atoms with Crippen molar-refractivity contribution in [3.8, 4) is 0 Å². The summed E-state index contributed by atoms with van der Waals surface area (Å²) in [5.41, 5.74) is 0.459. The molecule has 1 saturated heterocycles. The van der Waals surface area contributed by atoms with Crippen LogP contribution in [0.1, 0.15) is 46.0 Å². The first kappa shape index (κ1) is 17.9. The van der Waals surface area contributed by atoms with E-state index < -0.39 is 9.84 Å². The van der Waals surface area contributed by atoms with Gasteiger partial charge in [-0.1, -0.05) is 12.1 Å². The zero-order valence-corrected chi connectivity index (χ0v) is 15.6. The van der Waals surface area contributed by atoms with Crippen LogP contribution in [0.2, 0.25) is 0 Å². The van der Waals surface area contributed by atoms with Gasteiger partial charge in [0.25, 0.3) is 5.91 Å². The summed E-state index contributed by atoms with van der Waals surface area (Å²) >= 11 is 0. The number of ether oxygens (including phenoxy) is 1. The summed E-state index contributed by atoms with van der Waals surface area (Å²) in [6, 6.07) is 10.1. The number of rotatable bonds is 3. The van der Waals surface area contributed by atoms with Gasteiger partial charge in [-0.2, -0.15) is 0 Å². The summed E-state index contributed by atoms with van der Waals surface area (Å²) < 4.78 is 31.5. The Bertz CT molecular complexity index is 1040. The molecule has 2 aromatic carbocycles. The summed E-state index contributed by atoms with van der Waals surface area (Å²) in [5.74, 6) is -0.739. The molecule has 27 heavy (non-hydrogen) atoms. The van der Waals surface area contributed by atoms with Crippen LogP contribution >= 0.6 is 0 Å². The van der Waals surface area contributed by atoms with Crippen LogP contribution in [0.4, 0.5) is 0 Å². The predicted octanol–water partition coefficient (Wildman–Crippen LogP) is 2.36. The molecule has 1 fully saturated rings. The summed E-state index contributed by atoms with van der Waals surface area (Å²) in [7, 11) is -3.86. The lowest BCUT2D eigenvalue weighted by atomic mass is 10.0. The number of hydrogen-bond acceptors (Lipinski definition) is 5. The SMILES string of the molecule is C[C@H](NC(=O)c1ccc2c(c1)S(=O)(=O)c1ccccc1C2=O)[C@H]1CCCO1. The van der Waals surface area contributed by atoms with Gasteiger partial charge in [0, 0.05) is 23.3 Å². The molecule has 1 amide bonds. The smallest absolute Gasteiger partial charge is 0.251 e. The first-order valence-electron chi connectivity index (χ1n) is 8.85. The Morgan fingerprint density at radius 2 is 1.89 bits per heavy atom. The molecule has 0 unspecified atom stereocenters. The Kier molecular flexibility index (Phi) is 4.36. The lowest BCUT2D eigenvalue weighted by Gasteiger charge is -2.21. The third kappa shape index (κ3) is 2.96. The summed E-state index contributed by atoms with van der Waals surface area (Å²) in [6.45, 7) is 2.55. The highest BCUT2D eigenvalue weighted by Crippen LogP contribution is 2.34. The fourth-order valence-corrected chi connectivity index (χ4v) is 5.28. The molecule has 2 atom stereocenters. The van der Waals surface area contributed by atoms with Crippen molar-refractivity contribution in [3.05, 3.63) is 59.2 Å². The molecule has 4 rings (SSSR count). The molecule has 0 spiro atoms. The van der Waals surface area contributed by atoms with Crippen LogP contribution in [0.25, 0.3) is 0 Å². The first-order valence-corrected chi connectivity index (χ1v) is 10.3. The highest BCUT2D eigenvalue weighted by Gasteiger charge is 2.35.